The average Bonchev–Trinajstić information content (AvgIpc) is 2.75. The average molecular weight is 237 g/mol. The summed E-state index contributed by atoms with van der Waals surface area (Å²) in [7, 11) is 0. The smallest absolute Gasteiger partial charge is 0.371 e. The van der Waals surface area contributed by atoms with Crippen LogP contribution in [0.5, 0.6) is 0 Å². The van der Waals surface area contributed by atoms with Crippen molar-refractivity contribution in [1.29, 1.82) is 0 Å². The van der Waals surface area contributed by atoms with Crippen LogP contribution in [-0.2, 0) is 4.74 Å². The molecule has 2 N–H and O–H groups in total. The van der Waals surface area contributed by atoms with E-state index in [1.807, 2.05) is 0 Å². The van der Waals surface area contributed by atoms with Gasteiger partial charge in [0.2, 0.25) is 0 Å². The third kappa shape index (κ3) is 2.35. The topological polar surface area (TPSA) is 35.2 Å². The van der Waals surface area contributed by atoms with Crippen molar-refractivity contribution in [2.45, 2.75) is 31.9 Å². The van der Waals surface area contributed by atoms with E-state index >= 15 is 0 Å². The Morgan fingerprint density at radius 1 is 1.31 bits per heavy atom. The first-order valence-electron chi connectivity index (χ1n) is 5.80. The molecular weight excluding hydrogens is 219 g/mol. The predicted molar refractivity (Wildman–Crippen MR) is 53.8 cm³/mol. The fraction of sp³-hybridized carbons (Fsp3) is 1.00. The van der Waals surface area contributed by atoms with E-state index in [4.69, 9.17) is 10.5 Å². The highest BCUT2D eigenvalue weighted by molar-refractivity contribution is 5.00. The van der Waals surface area contributed by atoms with Crippen LogP contribution < -0.4 is 5.73 Å². The molecule has 0 amide bonds. The molecule has 2 rings (SSSR count). The van der Waals surface area contributed by atoms with Gasteiger partial charge in [0.1, 0.15) is 6.61 Å². The monoisotopic (exact) mass is 237 g/mol. The van der Waals surface area contributed by atoms with Crippen molar-refractivity contribution in [3.8, 4) is 0 Å². The van der Waals surface area contributed by atoms with Crippen LogP contribution in [0.2, 0.25) is 0 Å². The summed E-state index contributed by atoms with van der Waals surface area (Å²) in [4.78, 5) is 0. The minimum Gasteiger partial charge on any atom is -0.371 e. The van der Waals surface area contributed by atoms with Gasteiger partial charge in [0.25, 0.3) is 0 Å². The van der Waals surface area contributed by atoms with Crippen molar-refractivity contribution < 1.29 is 17.9 Å². The molecule has 2 nitrogen and oxygen atoms in total. The summed E-state index contributed by atoms with van der Waals surface area (Å²) < 4.78 is 40.8. The molecule has 2 fully saturated rings. The van der Waals surface area contributed by atoms with Crippen molar-refractivity contribution >= 4 is 0 Å². The van der Waals surface area contributed by atoms with E-state index < -0.39 is 12.8 Å². The minimum absolute atomic E-state index is 0.171. The largest absolute Gasteiger partial charge is 0.411 e. The van der Waals surface area contributed by atoms with Gasteiger partial charge in [-0.25, -0.2) is 0 Å². The number of rotatable bonds is 4. The number of hydrogen-bond acceptors (Lipinski definition) is 2. The van der Waals surface area contributed by atoms with Gasteiger partial charge in [-0.3, -0.25) is 0 Å². The lowest BCUT2D eigenvalue weighted by Crippen LogP contribution is -2.40. The third-order valence-electron chi connectivity index (χ3n) is 4.16. The number of alkyl halides is 3. The molecular formula is C11H18F3NO. The Labute approximate surface area is 93.3 Å². The van der Waals surface area contributed by atoms with Gasteiger partial charge in [0.15, 0.2) is 0 Å². The standard InChI is InChI=1S/C11H18F3NO/c12-11(13,14)7-16-6-10(5-15)4-8-1-2-9(10)3-8/h8-9H,1-7,15H2. The molecule has 94 valence electrons. The van der Waals surface area contributed by atoms with Crippen LogP contribution in [0, 0.1) is 17.3 Å². The lowest BCUT2D eigenvalue weighted by Gasteiger charge is -2.36. The maximum atomic E-state index is 12.0. The summed E-state index contributed by atoms with van der Waals surface area (Å²) in [5, 5.41) is 0. The molecule has 2 saturated carbocycles. The SMILES string of the molecule is NCC1(COCC(F)(F)F)CC2CCC1C2. The van der Waals surface area contributed by atoms with Gasteiger partial charge in [0.05, 0.1) is 6.61 Å². The summed E-state index contributed by atoms with van der Waals surface area (Å²) in [5.74, 6) is 1.15. The van der Waals surface area contributed by atoms with Crippen LogP contribution >= 0.6 is 0 Å². The first-order chi connectivity index (χ1) is 7.45. The van der Waals surface area contributed by atoms with Crippen LogP contribution in [-0.4, -0.2) is 25.9 Å². The normalized spacial score (nSPS) is 38.2. The van der Waals surface area contributed by atoms with Crippen molar-refractivity contribution in [3.63, 3.8) is 0 Å². The quantitative estimate of drug-likeness (QED) is 0.814. The third-order valence-corrected chi connectivity index (χ3v) is 4.16. The van der Waals surface area contributed by atoms with Gasteiger partial charge in [-0.2, -0.15) is 13.2 Å². The van der Waals surface area contributed by atoms with Gasteiger partial charge in [-0.05, 0) is 31.1 Å². The van der Waals surface area contributed by atoms with Crippen LogP contribution in [0.15, 0.2) is 0 Å². The highest BCUT2D eigenvalue weighted by atomic mass is 19.4. The number of fused-ring (bicyclic) bond motifs is 2. The molecule has 2 aliphatic carbocycles. The van der Waals surface area contributed by atoms with Crippen LogP contribution in [0.25, 0.3) is 0 Å². The van der Waals surface area contributed by atoms with Gasteiger partial charge in [0, 0.05) is 12.0 Å². The van der Waals surface area contributed by atoms with Crippen molar-refractivity contribution in [1.82, 2.24) is 0 Å². The lowest BCUT2D eigenvalue weighted by atomic mass is 9.74. The zero-order chi connectivity index (χ0) is 11.8. The lowest BCUT2D eigenvalue weighted by molar-refractivity contribution is -0.182. The molecule has 0 aliphatic heterocycles. The Bertz CT molecular complexity index is 256. The van der Waals surface area contributed by atoms with Crippen LogP contribution in [0.1, 0.15) is 25.7 Å². The van der Waals surface area contributed by atoms with E-state index in [9.17, 15) is 13.2 Å². The van der Waals surface area contributed by atoms with Crippen molar-refractivity contribution in [2.24, 2.45) is 23.0 Å². The molecule has 0 radical (unpaired) electrons. The highest BCUT2D eigenvalue weighted by Gasteiger charge is 2.50. The number of nitrogens with two attached hydrogens (primary N) is 1. The first kappa shape index (κ1) is 12.2. The molecule has 0 saturated heterocycles. The summed E-state index contributed by atoms with van der Waals surface area (Å²) in [6.07, 6.45) is 0.176. The zero-order valence-corrected chi connectivity index (χ0v) is 9.22. The summed E-state index contributed by atoms with van der Waals surface area (Å²) in [5.41, 5.74) is 5.57. The maximum absolute atomic E-state index is 12.0. The number of hydrogen-bond donors (Lipinski definition) is 1. The van der Waals surface area contributed by atoms with Crippen molar-refractivity contribution in [3.05, 3.63) is 0 Å². The molecule has 0 heterocycles. The molecule has 0 aromatic carbocycles. The number of halogens is 3. The number of ether oxygens (including phenoxy) is 1. The van der Waals surface area contributed by atoms with E-state index in [1.54, 1.807) is 0 Å². The van der Waals surface area contributed by atoms with E-state index in [0.29, 0.717) is 18.4 Å². The van der Waals surface area contributed by atoms with E-state index in [2.05, 4.69) is 0 Å². The molecule has 5 heteroatoms. The molecule has 16 heavy (non-hydrogen) atoms. The zero-order valence-electron chi connectivity index (χ0n) is 9.22. The Morgan fingerprint density at radius 2 is 2.06 bits per heavy atom. The van der Waals surface area contributed by atoms with Gasteiger partial charge in [-0.15, -0.1) is 0 Å². The van der Waals surface area contributed by atoms with E-state index in [-0.39, 0.29) is 12.0 Å². The van der Waals surface area contributed by atoms with Crippen LogP contribution in [0.4, 0.5) is 13.2 Å². The van der Waals surface area contributed by atoms with Gasteiger partial charge < -0.3 is 10.5 Å². The molecule has 0 aromatic rings. The predicted octanol–water partition coefficient (Wildman–Crippen LogP) is 2.33. The summed E-state index contributed by atoms with van der Waals surface area (Å²) in [6, 6.07) is 0. The van der Waals surface area contributed by atoms with Crippen LogP contribution in [0.3, 0.4) is 0 Å². The second-order valence-corrected chi connectivity index (χ2v) is 5.25. The fourth-order valence-corrected chi connectivity index (χ4v) is 3.41. The van der Waals surface area contributed by atoms with E-state index in [0.717, 1.165) is 19.3 Å². The molecule has 2 bridgehead atoms. The van der Waals surface area contributed by atoms with Gasteiger partial charge >= 0.3 is 6.18 Å². The first-order valence-corrected chi connectivity index (χ1v) is 5.80. The fourth-order valence-electron chi connectivity index (χ4n) is 3.41. The highest BCUT2D eigenvalue weighted by Crippen LogP contribution is 2.55. The second kappa shape index (κ2) is 4.18. The molecule has 0 spiro atoms. The summed E-state index contributed by atoms with van der Waals surface area (Å²) in [6.45, 7) is -0.525. The molecule has 0 aromatic heterocycles. The Morgan fingerprint density at radius 3 is 2.50 bits per heavy atom. The van der Waals surface area contributed by atoms with E-state index in [1.165, 1.54) is 6.42 Å². The van der Waals surface area contributed by atoms with Crippen molar-refractivity contribution in [2.75, 3.05) is 19.8 Å². The maximum Gasteiger partial charge on any atom is 0.411 e. The Kier molecular flexibility index (Phi) is 3.18. The second-order valence-electron chi connectivity index (χ2n) is 5.25. The Hall–Kier alpha value is -0.290. The molecule has 2 aliphatic rings. The summed E-state index contributed by atoms with van der Waals surface area (Å²) >= 11 is 0. The van der Waals surface area contributed by atoms with Gasteiger partial charge in [-0.1, -0.05) is 6.42 Å². The molecule has 3 atom stereocenters. The molecule has 3 unspecified atom stereocenters. The Balaban J connectivity index is 1.87. The minimum atomic E-state index is -4.23.